The minimum atomic E-state index is -3.91. The van der Waals surface area contributed by atoms with Crippen LogP contribution in [0.2, 0.25) is 0 Å². The smallest absolute Gasteiger partial charge is 0.258 e. The molecule has 1 atom stereocenters. The van der Waals surface area contributed by atoms with Crippen molar-refractivity contribution in [1.82, 2.24) is 4.72 Å². The first kappa shape index (κ1) is 26.7. The normalized spacial score (nSPS) is 12.4. The highest BCUT2D eigenvalue weighted by Crippen LogP contribution is 2.31. The number of phenols is 2. The van der Waals surface area contributed by atoms with Gasteiger partial charge in [-0.1, -0.05) is 0 Å². The molecule has 0 heterocycles. The maximum Gasteiger partial charge on any atom is 0.258 e. The number of aromatic hydroxyl groups is 2. The van der Waals surface area contributed by atoms with Gasteiger partial charge in [0.15, 0.2) is 5.78 Å². The van der Waals surface area contributed by atoms with Crippen LogP contribution in [0.1, 0.15) is 13.3 Å². The quantitative estimate of drug-likeness (QED) is 0.197. The lowest BCUT2D eigenvalue weighted by molar-refractivity contribution is -0.126. The zero-order valence-electron chi connectivity index (χ0n) is 18.8. The Morgan fingerprint density at radius 3 is 2.50 bits per heavy atom. The lowest BCUT2D eigenvalue weighted by Gasteiger charge is -2.13. The first-order chi connectivity index (χ1) is 16.1. The second-order valence-electron chi connectivity index (χ2n) is 7.00. The van der Waals surface area contributed by atoms with Crippen LogP contribution < -0.4 is 14.8 Å². The second kappa shape index (κ2) is 12.1. The standard InChI is InChI=1S/C21H26N4O8S/c1-13(26)20(21(29)23-17-11-14(27)5-8-19(17)33-3)25-24-16-12-15(6-7-18(16)28)34(30,31)22-9-4-10-32-2/h5-8,11-12,20,22,27-28H,4,9-10H2,1-3H3,(H,23,29). The molecular formula is C21H26N4O8S. The number of Topliss-reactive ketones (excluding diaryl/α,β-unsaturated/α-hetero) is 1. The Morgan fingerprint density at radius 1 is 1.12 bits per heavy atom. The van der Waals surface area contributed by atoms with Crippen molar-refractivity contribution in [1.29, 1.82) is 0 Å². The number of nitrogens with zero attached hydrogens (tertiary/aromatic N) is 2. The number of nitrogens with one attached hydrogen (secondary N) is 2. The first-order valence-corrected chi connectivity index (χ1v) is 11.5. The van der Waals surface area contributed by atoms with E-state index < -0.39 is 33.5 Å². The fraction of sp³-hybridized carbons (Fsp3) is 0.333. The Bertz CT molecular complexity index is 1170. The summed E-state index contributed by atoms with van der Waals surface area (Å²) in [4.78, 5) is 24.5. The molecule has 0 radical (unpaired) electrons. The predicted molar refractivity (Wildman–Crippen MR) is 122 cm³/mol. The summed E-state index contributed by atoms with van der Waals surface area (Å²) in [5, 5.41) is 29.6. The third kappa shape index (κ3) is 7.23. The summed E-state index contributed by atoms with van der Waals surface area (Å²) in [6.45, 7) is 1.63. The number of carbonyl (C=O) groups excluding carboxylic acids is 2. The Labute approximate surface area is 196 Å². The molecule has 0 aliphatic heterocycles. The summed E-state index contributed by atoms with van der Waals surface area (Å²) in [5.41, 5.74) is -0.154. The summed E-state index contributed by atoms with van der Waals surface area (Å²) < 4.78 is 37.3. The molecule has 0 aromatic heterocycles. The number of sulfonamides is 1. The third-order valence-corrected chi connectivity index (χ3v) is 5.89. The summed E-state index contributed by atoms with van der Waals surface area (Å²) in [7, 11) is -1.04. The van der Waals surface area contributed by atoms with E-state index in [0.29, 0.717) is 13.0 Å². The average Bonchev–Trinajstić information content (AvgIpc) is 2.78. The van der Waals surface area contributed by atoms with Gasteiger partial charge in [-0.25, -0.2) is 13.1 Å². The lowest BCUT2D eigenvalue weighted by atomic mass is 10.2. The fourth-order valence-corrected chi connectivity index (χ4v) is 3.78. The van der Waals surface area contributed by atoms with Gasteiger partial charge in [-0.15, -0.1) is 0 Å². The van der Waals surface area contributed by atoms with Crippen LogP contribution in [0.15, 0.2) is 51.5 Å². The number of amides is 1. The summed E-state index contributed by atoms with van der Waals surface area (Å²) in [5.74, 6) is -1.85. The molecule has 12 nitrogen and oxygen atoms in total. The van der Waals surface area contributed by atoms with Gasteiger partial charge in [0.25, 0.3) is 5.91 Å². The van der Waals surface area contributed by atoms with Crippen molar-refractivity contribution in [2.45, 2.75) is 24.3 Å². The van der Waals surface area contributed by atoms with Crippen molar-refractivity contribution < 1.29 is 37.7 Å². The third-order valence-electron chi connectivity index (χ3n) is 4.43. The van der Waals surface area contributed by atoms with E-state index in [0.717, 1.165) is 19.1 Å². The van der Waals surface area contributed by atoms with E-state index in [2.05, 4.69) is 20.3 Å². The fourth-order valence-electron chi connectivity index (χ4n) is 2.69. The molecule has 0 spiro atoms. The van der Waals surface area contributed by atoms with Crippen molar-refractivity contribution in [2.75, 3.05) is 32.7 Å². The number of hydrogen-bond donors (Lipinski definition) is 4. The molecule has 0 aliphatic rings. The number of methoxy groups -OCH3 is 2. The van der Waals surface area contributed by atoms with Gasteiger partial charge in [0.2, 0.25) is 16.1 Å². The Kier molecular flexibility index (Phi) is 9.47. The van der Waals surface area contributed by atoms with Crippen LogP contribution in [-0.2, 0) is 24.3 Å². The molecule has 1 unspecified atom stereocenters. The number of carbonyl (C=O) groups is 2. The molecule has 2 aromatic rings. The number of hydrogen-bond acceptors (Lipinski definition) is 10. The van der Waals surface area contributed by atoms with Crippen molar-refractivity contribution in [3.05, 3.63) is 36.4 Å². The number of azo groups is 1. The second-order valence-corrected chi connectivity index (χ2v) is 8.76. The van der Waals surface area contributed by atoms with Gasteiger partial charge in [0, 0.05) is 26.3 Å². The minimum Gasteiger partial charge on any atom is -0.508 e. The number of phenolic OH excluding ortho intramolecular Hbond substituents is 2. The van der Waals surface area contributed by atoms with E-state index in [-0.39, 0.29) is 34.3 Å². The monoisotopic (exact) mass is 494 g/mol. The topological polar surface area (TPSA) is 176 Å². The van der Waals surface area contributed by atoms with E-state index in [1.165, 1.54) is 38.5 Å². The molecule has 34 heavy (non-hydrogen) atoms. The van der Waals surface area contributed by atoms with Crippen LogP contribution in [0.3, 0.4) is 0 Å². The Balaban J connectivity index is 2.25. The molecule has 2 rings (SSSR count). The van der Waals surface area contributed by atoms with E-state index >= 15 is 0 Å². The molecule has 184 valence electrons. The maximum absolute atomic E-state index is 12.6. The SMILES string of the molecule is COCCCNS(=O)(=O)c1ccc(O)c(N=NC(C(C)=O)C(=O)Nc2cc(O)ccc2OC)c1. The van der Waals surface area contributed by atoms with E-state index in [4.69, 9.17) is 9.47 Å². The highest BCUT2D eigenvalue weighted by Gasteiger charge is 2.25. The number of ketones is 1. The van der Waals surface area contributed by atoms with Crippen molar-refractivity contribution in [3.8, 4) is 17.2 Å². The molecule has 0 saturated carbocycles. The summed E-state index contributed by atoms with van der Waals surface area (Å²) >= 11 is 0. The highest BCUT2D eigenvalue weighted by molar-refractivity contribution is 7.89. The zero-order valence-corrected chi connectivity index (χ0v) is 19.6. The molecule has 0 aliphatic carbocycles. The maximum atomic E-state index is 12.6. The number of anilines is 1. The van der Waals surface area contributed by atoms with E-state index in [1.54, 1.807) is 0 Å². The van der Waals surface area contributed by atoms with Gasteiger partial charge in [-0.3, -0.25) is 9.59 Å². The Morgan fingerprint density at radius 2 is 1.85 bits per heavy atom. The molecule has 0 fully saturated rings. The molecule has 2 aromatic carbocycles. The first-order valence-electron chi connectivity index (χ1n) is 10.00. The van der Waals surface area contributed by atoms with Crippen LogP contribution in [0.25, 0.3) is 0 Å². The van der Waals surface area contributed by atoms with Gasteiger partial charge in [-0.05, 0) is 43.7 Å². The summed E-state index contributed by atoms with van der Waals surface area (Å²) in [6.07, 6.45) is 0.458. The van der Waals surface area contributed by atoms with Crippen molar-refractivity contribution in [2.24, 2.45) is 10.2 Å². The van der Waals surface area contributed by atoms with Gasteiger partial charge >= 0.3 is 0 Å². The molecule has 13 heteroatoms. The minimum absolute atomic E-state index is 0.101. The predicted octanol–water partition coefficient (Wildman–Crippen LogP) is 2.10. The van der Waals surface area contributed by atoms with Crippen LogP contribution in [0, 0.1) is 0 Å². The van der Waals surface area contributed by atoms with Gasteiger partial charge in [-0.2, -0.15) is 10.2 Å². The van der Waals surface area contributed by atoms with Crippen LogP contribution in [0.4, 0.5) is 11.4 Å². The van der Waals surface area contributed by atoms with Gasteiger partial charge in [0.1, 0.15) is 22.9 Å². The molecule has 0 saturated heterocycles. The number of rotatable bonds is 12. The number of ether oxygens (including phenoxy) is 2. The van der Waals surface area contributed by atoms with Crippen molar-refractivity contribution >= 4 is 33.1 Å². The molecule has 1 amide bonds. The van der Waals surface area contributed by atoms with Crippen LogP contribution in [-0.4, -0.2) is 63.7 Å². The van der Waals surface area contributed by atoms with Crippen molar-refractivity contribution in [3.63, 3.8) is 0 Å². The molecule has 0 bridgehead atoms. The number of benzene rings is 2. The van der Waals surface area contributed by atoms with E-state index in [1.807, 2.05) is 0 Å². The summed E-state index contributed by atoms with van der Waals surface area (Å²) in [6, 6.07) is 5.74. The molecule has 4 N–H and O–H groups in total. The van der Waals surface area contributed by atoms with Crippen LogP contribution in [0.5, 0.6) is 17.2 Å². The van der Waals surface area contributed by atoms with E-state index in [9.17, 15) is 28.2 Å². The lowest BCUT2D eigenvalue weighted by Crippen LogP contribution is -2.32. The van der Waals surface area contributed by atoms with Gasteiger partial charge in [0.05, 0.1) is 17.7 Å². The highest BCUT2D eigenvalue weighted by atomic mass is 32.2. The average molecular weight is 495 g/mol. The van der Waals surface area contributed by atoms with Gasteiger partial charge < -0.3 is 25.0 Å². The molecular weight excluding hydrogens is 468 g/mol. The largest absolute Gasteiger partial charge is 0.508 e. The van der Waals surface area contributed by atoms with Crippen LogP contribution >= 0.6 is 0 Å². The Hall–Kier alpha value is -3.55. The zero-order chi connectivity index (χ0) is 25.3.